The molecule has 0 spiro atoms. The van der Waals surface area contributed by atoms with E-state index in [-0.39, 0.29) is 41.8 Å². The number of amides is 2. The van der Waals surface area contributed by atoms with Crippen molar-refractivity contribution in [1.29, 1.82) is 0 Å². The third-order valence-electron chi connectivity index (χ3n) is 6.26. The SMILES string of the molecule is CC(=O)N1c2ccc(S(=O)(=O)NCCC(=O)N[C@@H]3CCCc4ccccc43)cc2C[C@H]1C. The Morgan fingerprint density at radius 3 is 2.69 bits per heavy atom. The Bertz CT molecular complexity index is 1150. The summed E-state index contributed by atoms with van der Waals surface area (Å²) in [7, 11) is -3.75. The van der Waals surface area contributed by atoms with Crippen molar-refractivity contribution < 1.29 is 18.0 Å². The largest absolute Gasteiger partial charge is 0.349 e. The Morgan fingerprint density at radius 1 is 1.12 bits per heavy atom. The van der Waals surface area contributed by atoms with E-state index < -0.39 is 10.0 Å². The summed E-state index contributed by atoms with van der Waals surface area (Å²) in [6.07, 6.45) is 3.61. The number of nitrogens with zero attached hydrogens (tertiary/aromatic N) is 1. The first kappa shape index (κ1) is 22.5. The summed E-state index contributed by atoms with van der Waals surface area (Å²) in [4.78, 5) is 26.2. The van der Waals surface area contributed by atoms with E-state index in [1.54, 1.807) is 17.0 Å². The van der Waals surface area contributed by atoms with Crippen molar-refractivity contribution in [3.05, 3.63) is 59.2 Å². The van der Waals surface area contributed by atoms with Crippen molar-refractivity contribution >= 4 is 27.5 Å². The van der Waals surface area contributed by atoms with E-state index >= 15 is 0 Å². The van der Waals surface area contributed by atoms with Crippen molar-refractivity contribution in [3.63, 3.8) is 0 Å². The first-order valence-electron chi connectivity index (χ1n) is 11.1. The van der Waals surface area contributed by atoms with Crippen LogP contribution in [0.25, 0.3) is 0 Å². The molecule has 0 saturated carbocycles. The summed E-state index contributed by atoms with van der Waals surface area (Å²) in [5, 5.41) is 3.04. The number of benzene rings is 2. The first-order valence-corrected chi connectivity index (χ1v) is 12.5. The molecule has 0 unspecified atom stereocenters. The van der Waals surface area contributed by atoms with Crippen LogP contribution in [0.5, 0.6) is 0 Å². The van der Waals surface area contributed by atoms with Crippen LogP contribution in [0.15, 0.2) is 47.4 Å². The summed E-state index contributed by atoms with van der Waals surface area (Å²) in [6, 6.07) is 12.9. The van der Waals surface area contributed by atoms with E-state index in [2.05, 4.69) is 16.1 Å². The van der Waals surface area contributed by atoms with Crippen LogP contribution in [0.2, 0.25) is 0 Å². The molecule has 2 aliphatic rings. The van der Waals surface area contributed by atoms with Crippen molar-refractivity contribution in [2.75, 3.05) is 11.4 Å². The molecule has 0 radical (unpaired) electrons. The van der Waals surface area contributed by atoms with E-state index in [0.717, 1.165) is 36.1 Å². The molecule has 0 fully saturated rings. The van der Waals surface area contributed by atoms with Gasteiger partial charge in [0, 0.05) is 31.6 Å². The Kier molecular flexibility index (Phi) is 6.35. The van der Waals surface area contributed by atoms with Crippen LogP contribution in [-0.4, -0.2) is 32.8 Å². The van der Waals surface area contributed by atoms with Crippen LogP contribution in [0, 0.1) is 0 Å². The lowest BCUT2D eigenvalue weighted by Crippen LogP contribution is -2.34. The maximum absolute atomic E-state index is 12.7. The van der Waals surface area contributed by atoms with Crippen molar-refractivity contribution in [2.45, 2.75) is 62.9 Å². The van der Waals surface area contributed by atoms with Crippen LogP contribution < -0.4 is 14.9 Å². The van der Waals surface area contributed by atoms with E-state index in [0.29, 0.717) is 6.42 Å². The lowest BCUT2D eigenvalue weighted by atomic mass is 9.88. The molecule has 2 amide bonds. The predicted molar refractivity (Wildman–Crippen MR) is 123 cm³/mol. The fourth-order valence-corrected chi connectivity index (χ4v) is 5.89. The number of nitrogens with one attached hydrogen (secondary N) is 2. The third kappa shape index (κ3) is 4.56. The van der Waals surface area contributed by atoms with Gasteiger partial charge in [0.15, 0.2) is 0 Å². The van der Waals surface area contributed by atoms with E-state index in [4.69, 9.17) is 0 Å². The molecule has 1 aliphatic carbocycles. The number of carbonyl (C=O) groups excluding carboxylic acids is 2. The summed E-state index contributed by atoms with van der Waals surface area (Å²) < 4.78 is 28.0. The molecular weight excluding hydrogens is 426 g/mol. The zero-order chi connectivity index (χ0) is 22.9. The molecule has 1 aliphatic heterocycles. The van der Waals surface area contributed by atoms with Gasteiger partial charge in [-0.2, -0.15) is 0 Å². The molecular formula is C24H29N3O4S. The van der Waals surface area contributed by atoms with Gasteiger partial charge in [0.25, 0.3) is 0 Å². The molecule has 0 bridgehead atoms. The average molecular weight is 456 g/mol. The molecule has 0 saturated heterocycles. The van der Waals surface area contributed by atoms with Crippen molar-refractivity contribution in [3.8, 4) is 0 Å². The molecule has 2 atom stereocenters. The van der Waals surface area contributed by atoms with Gasteiger partial charge in [-0.05, 0) is 67.5 Å². The first-order chi connectivity index (χ1) is 15.3. The highest BCUT2D eigenvalue weighted by Gasteiger charge is 2.30. The minimum absolute atomic E-state index is 0.00188. The van der Waals surface area contributed by atoms with Crippen LogP contribution in [0.3, 0.4) is 0 Å². The number of hydrogen-bond donors (Lipinski definition) is 2. The number of rotatable bonds is 6. The number of aryl methyl sites for hydroxylation is 1. The smallest absolute Gasteiger partial charge is 0.240 e. The molecule has 4 rings (SSSR count). The van der Waals surface area contributed by atoms with Crippen molar-refractivity contribution in [1.82, 2.24) is 10.0 Å². The summed E-state index contributed by atoms with van der Waals surface area (Å²) in [6.45, 7) is 3.47. The second-order valence-corrected chi connectivity index (χ2v) is 10.4. The van der Waals surface area contributed by atoms with Crippen LogP contribution >= 0.6 is 0 Å². The van der Waals surface area contributed by atoms with Gasteiger partial charge in [-0.3, -0.25) is 9.59 Å². The standard InChI is InChI=1S/C24H29N3O4S/c1-16-14-19-15-20(10-11-23(19)27(16)17(2)28)32(30,31)25-13-12-24(29)26-22-9-5-7-18-6-3-4-8-21(18)22/h3-4,6,8,10-11,15-16,22,25H,5,7,9,12-14H2,1-2H3,(H,26,29)/t16-,22-/m1/s1. The maximum atomic E-state index is 12.7. The zero-order valence-corrected chi connectivity index (χ0v) is 19.2. The Hall–Kier alpha value is -2.71. The second-order valence-electron chi connectivity index (χ2n) is 8.59. The normalized spacial score (nSPS) is 19.9. The lowest BCUT2D eigenvalue weighted by molar-refractivity contribution is -0.121. The highest BCUT2D eigenvalue weighted by Crippen LogP contribution is 2.34. The number of anilines is 1. The van der Waals surface area contributed by atoms with E-state index in [1.807, 2.05) is 25.1 Å². The fraction of sp³-hybridized carbons (Fsp3) is 0.417. The predicted octanol–water partition coefficient (Wildman–Crippen LogP) is 2.85. The van der Waals surface area contributed by atoms with E-state index in [9.17, 15) is 18.0 Å². The minimum Gasteiger partial charge on any atom is -0.349 e. The molecule has 2 aromatic carbocycles. The van der Waals surface area contributed by atoms with Gasteiger partial charge in [0.1, 0.15) is 0 Å². The third-order valence-corrected chi connectivity index (χ3v) is 7.72. The van der Waals surface area contributed by atoms with Crippen LogP contribution in [0.4, 0.5) is 5.69 Å². The van der Waals surface area contributed by atoms with Gasteiger partial charge in [-0.25, -0.2) is 13.1 Å². The summed E-state index contributed by atoms with van der Waals surface area (Å²) in [5.74, 6) is -0.231. The zero-order valence-electron chi connectivity index (χ0n) is 18.4. The molecule has 8 heteroatoms. The average Bonchev–Trinajstić information content (AvgIpc) is 3.09. The van der Waals surface area contributed by atoms with Gasteiger partial charge in [-0.1, -0.05) is 24.3 Å². The van der Waals surface area contributed by atoms with Crippen molar-refractivity contribution in [2.24, 2.45) is 0 Å². The fourth-order valence-electron chi connectivity index (χ4n) is 4.81. The summed E-state index contributed by atoms with van der Waals surface area (Å²) in [5.41, 5.74) is 4.01. The Balaban J connectivity index is 1.35. The lowest BCUT2D eigenvalue weighted by Gasteiger charge is -2.26. The highest BCUT2D eigenvalue weighted by atomic mass is 32.2. The molecule has 0 aromatic heterocycles. The van der Waals surface area contributed by atoms with Gasteiger partial charge < -0.3 is 10.2 Å². The number of carbonyl (C=O) groups is 2. The molecule has 7 nitrogen and oxygen atoms in total. The minimum atomic E-state index is -3.75. The quantitative estimate of drug-likeness (QED) is 0.700. The van der Waals surface area contributed by atoms with Gasteiger partial charge in [0.05, 0.1) is 10.9 Å². The highest BCUT2D eigenvalue weighted by molar-refractivity contribution is 7.89. The summed E-state index contributed by atoms with van der Waals surface area (Å²) >= 11 is 0. The molecule has 2 N–H and O–H groups in total. The number of hydrogen-bond acceptors (Lipinski definition) is 4. The van der Waals surface area contributed by atoms with Gasteiger partial charge in [0.2, 0.25) is 21.8 Å². The molecule has 2 aromatic rings. The Morgan fingerprint density at radius 2 is 1.91 bits per heavy atom. The number of sulfonamides is 1. The number of fused-ring (bicyclic) bond motifs is 2. The Labute approximate surface area is 189 Å². The topological polar surface area (TPSA) is 95.6 Å². The molecule has 170 valence electrons. The monoisotopic (exact) mass is 455 g/mol. The van der Waals surface area contributed by atoms with Gasteiger partial charge >= 0.3 is 0 Å². The maximum Gasteiger partial charge on any atom is 0.240 e. The van der Waals surface area contributed by atoms with Crippen LogP contribution in [-0.2, 0) is 32.5 Å². The second kappa shape index (κ2) is 9.03. The van der Waals surface area contributed by atoms with Crippen LogP contribution in [0.1, 0.15) is 55.8 Å². The molecule has 32 heavy (non-hydrogen) atoms. The van der Waals surface area contributed by atoms with Gasteiger partial charge in [-0.15, -0.1) is 0 Å². The van der Waals surface area contributed by atoms with E-state index in [1.165, 1.54) is 18.6 Å². The molecule has 1 heterocycles.